The van der Waals surface area contributed by atoms with E-state index >= 15 is 0 Å². The fourth-order valence-corrected chi connectivity index (χ4v) is 3.52. The summed E-state index contributed by atoms with van der Waals surface area (Å²) < 4.78 is 2.06. The molecule has 1 aromatic rings. The highest BCUT2D eigenvalue weighted by atomic mass is 35.5. The van der Waals surface area contributed by atoms with Gasteiger partial charge in [0.15, 0.2) is 0 Å². The number of rotatable bonds is 4. The Bertz CT molecular complexity index is 400. The van der Waals surface area contributed by atoms with E-state index in [1.54, 1.807) is 6.20 Å². The lowest BCUT2D eigenvalue weighted by Gasteiger charge is -2.28. The van der Waals surface area contributed by atoms with Crippen LogP contribution in [-0.4, -0.2) is 16.8 Å². The minimum atomic E-state index is 0.319. The van der Waals surface area contributed by atoms with Crippen LogP contribution in [-0.2, 0) is 0 Å². The first-order valence-corrected chi connectivity index (χ1v) is 7.34. The van der Waals surface area contributed by atoms with Crippen LogP contribution >= 0.6 is 11.6 Å². The van der Waals surface area contributed by atoms with Gasteiger partial charge in [-0.25, -0.2) is 0 Å². The van der Waals surface area contributed by atoms with Gasteiger partial charge in [-0.3, -0.25) is 4.68 Å². The zero-order chi connectivity index (χ0) is 13.3. The topological polar surface area (TPSA) is 29.9 Å². The molecule has 0 aliphatic heterocycles. The summed E-state index contributed by atoms with van der Waals surface area (Å²) in [6.07, 6.45) is 5.72. The molecule has 1 heterocycles. The molecule has 1 fully saturated rings. The molecule has 1 aliphatic carbocycles. The van der Waals surface area contributed by atoms with Crippen molar-refractivity contribution in [3.05, 3.63) is 16.9 Å². The van der Waals surface area contributed by atoms with E-state index in [1.165, 1.54) is 19.3 Å². The van der Waals surface area contributed by atoms with E-state index in [2.05, 4.69) is 35.9 Å². The fourth-order valence-electron chi connectivity index (χ4n) is 3.28. The molecule has 0 amide bonds. The molecule has 0 saturated heterocycles. The second-order valence-electron chi connectivity index (χ2n) is 5.75. The minimum Gasteiger partial charge on any atom is -0.311 e. The van der Waals surface area contributed by atoms with Crippen LogP contribution in [0.25, 0.3) is 0 Å². The average Bonchev–Trinajstić information content (AvgIpc) is 2.89. The van der Waals surface area contributed by atoms with Gasteiger partial charge in [0.1, 0.15) is 0 Å². The van der Waals surface area contributed by atoms with Crippen molar-refractivity contribution in [2.24, 2.45) is 11.8 Å². The highest BCUT2D eigenvalue weighted by molar-refractivity contribution is 6.31. The lowest BCUT2D eigenvalue weighted by Crippen LogP contribution is -2.30. The lowest BCUT2D eigenvalue weighted by molar-refractivity contribution is 0.296. The Morgan fingerprint density at radius 2 is 2.17 bits per heavy atom. The van der Waals surface area contributed by atoms with Gasteiger partial charge in [0, 0.05) is 6.04 Å². The molecule has 2 rings (SSSR count). The Labute approximate surface area is 115 Å². The SMILES string of the molecule is CNC(c1c(Cl)cnn1C(C)C)C1CCCC1C. The molecule has 0 bridgehead atoms. The van der Waals surface area contributed by atoms with Crippen LogP contribution in [0, 0.1) is 11.8 Å². The van der Waals surface area contributed by atoms with Crippen LogP contribution in [0.4, 0.5) is 0 Å². The number of hydrogen-bond donors (Lipinski definition) is 1. The van der Waals surface area contributed by atoms with Crippen LogP contribution in [0.1, 0.15) is 57.8 Å². The third-order valence-corrected chi connectivity index (χ3v) is 4.53. The van der Waals surface area contributed by atoms with Crippen molar-refractivity contribution in [2.45, 2.75) is 52.1 Å². The molecule has 0 radical (unpaired) electrons. The largest absolute Gasteiger partial charge is 0.311 e. The number of hydrogen-bond acceptors (Lipinski definition) is 2. The molecule has 1 aliphatic rings. The quantitative estimate of drug-likeness (QED) is 0.901. The van der Waals surface area contributed by atoms with Crippen molar-refractivity contribution < 1.29 is 0 Å². The van der Waals surface area contributed by atoms with Gasteiger partial charge in [-0.15, -0.1) is 0 Å². The van der Waals surface area contributed by atoms with Gasteiger partial charge in [0.25, 0.3) is 0 Å². The minimum absolute atomic E-state index is 0.319. The second kappa shape index (κ2) is 5.62. The predicted octanol–water partition coefficient (Wildman–Crippen LogP) is 3.81. The third kappa shape index (κ3) is 2.43. The summed E-state index contributed by atoms with van der Waals surface area (Å²) in [5.74, 6) is 1.43. The maximum atomic E-state index is 6.37. The van der Waals surface area contributed by atoms with Gasteiger partial charge in [0.05, 0.1) is 23.0 Å². The Morgan fingerprint density at radius 1 is 1.44 bits per heavy atom. The number of halogens is 1. The highest BCUT2D eigenvalue weighted by Crippen LogP contribution is 2.42. The molecule has 0 aromatic carbocycles. The first-order valence-electron chi connectivity index (χ1n) is 6.96. The summed E-state index contributed by atoms with van der Waals surface area (Å²) in [5.41, 5.74) is 1.16. The molecule has 3 unspecified atom stereocenters. The normalized spacial score (nSPS) is 25.9. The van der Waals surface area contributed by atoms with Gasteiger partial charge in [-0.2, -0.15) is 5.10 Å². The van der Waals surface area contributed by atoms with E-state index in [-0.39, 0.29) is 0 Å². The summed E-state index contributed by atoms with van der Waals surface area (Å²) in [6.45, 7) is 6.65. The molecule has 4 heteroatoms. The second-order valence-corrected chi connectivity index (χ2v) is 6.16. The first-order chi connectivity index (χ1) is 8.56. The first kappa shape index (κ1) is 13.9. The van der Waals surface area contributed by atoms with E-state index < -0.39 is 0 Å². The van der Waals surface area contributed by atoms with Gasteiger partial charge < -0.3 is 5.32 Å². The molecule has 102 valence electrons. The van der Waals surface area contributed by atoms with Crippen LogP contribution in [0.5, 0.6) is 0 Å². The Kier molecular flexibility index (Phi) is 4.33. The van der Waals surface area contributed by atoms with Crippen molar-refractivity contribution in [1.82, 2.24) is 15.1 Å². The van der Waals surface area contributed by atoms with Crippen molar-refractivity contribution in [3.8, 4) is 0 Å². The lowest BCUT2D eigenvalue weighted by atomic mass is 9.88. The summed E-state index contributed by atoms with van der Waals surface area (Å²) >= 11 is 6.37. The van der Waals surface area contributed by atoms with Crippen molar-refractivity contribution in [1.29, 1.82) is 0 Å². The molecule has 1 aromatic heterocycles. The molecule has 3 atom stereocenters. The molecular formula is C14H24ClN3. The Morgan fingerprint density at radius 3 is 2.67 bits per heavy atom. The van der Waals surface area contributed by atoms with Crippen LogP contribution in [0.15, 0.2) is 6.20 Å². The van der Waals surface area contributed by atoms with E-state index in [4.69, 9.17) is 11.6 Å². The van der Waals surface area contributed by atoms with E-state index in [0.29, 0.717) is 18.0 Å². The van der Waals surface area contributed by atoms with E-state index in [1.807, 2.05) is 7.05 Å². The molecule has 0 spiro atoms. The van der Waals surface area contributed by atoms with Crippen LogP contribution in [0.2, 0.25) is 5.02 Å². The number of aromatic nitrogens is 2. The van der Waals surface area contributed by atoms with Crippen LogP contribution in [0.3, 0.4) is 0 Å². The molecule has 3 nitrogen and oxygen atoms in total. The molecular weight excluding hydrogens is 246 g/mol. The van der Waals surface area contributed by atoms with Crippen molar-refractivity contribution in [3.63, 3.8) is 0 Å². The number of nitrogens with one attached hydrogen (secondary N) is 1. The van der Waals surface area contributed by atoms with Crippen molar-refractivity contribution >= 4 is 11.6 Å². The number of nitrogens with zero attached hydrogens (tertiary/aromatic N) is 2. The summed E-state index contributed by atoms with van der Waals surface area (Å²) in [6, 6.07) is 0.667. The van der Waals surface area contributed by atoms with Gasteiger partial charge in [-0.1, -0.05) is 31.4 Å². The summed E-state index contributed by atoms with van der Waals surface area (Å²) in [4.78, 5) is 0. The smallest absolute Gasteiger partial charge is 0.0834 e. The zero-order valence-corrected chi connectivity index (χ0v) is 12.5. The highest BCUT2D eigenvalue weighted by Gasteiger charge is 2.34. The third-order valence-electron chi connectivity index (χ3n) is 4.24. The maximum absolute atomic E-state index is 6.37. The van der Waals surface area contributed by atoms with Gasteiger partial charge in [0.2, 0.25) is 0 Å². The van der Waals surface area contributed by atoms with Gasteiger partial charge in [-0.05, 0) is 39.2 Å². The standard InChI is InChI=1S/C14H24ClN3/c1-9(2)18-14(12(15)8-17-18)13(16-4)11-7-5-6-10(11)3/h8-11,13,16H,5-7H2,1-4H3. The van der Waals surface area contributed by atoms with E-state index in [9.17, 15) is 0 Å². The molecule has 1 N–H and O–H groups in total. The van der Waals surface area contributed by atoms with Crippen LogP contribution < -0.4 is 5.32 Å². The Balaban J connectivity index is 2.35. The predicted molar refractivity (Wildman–Crippen MR) is 75.9 cm³/mol. The zero-order valence-electron chi connectivity index (χ0n) is 11.8. The fraction of sp³-hybridized carbons (Fsp3) is 0.786. The summed E-state index contributed by atoms with van der Waals surface area (Å²) in [5, 5.41) is 8.69. The van der Waals surface area contributed by atoms with Crippen molar-refractivity contribution in [2.75, 3.05) is 7.05 Å². The van der Waals surface area contributed by atoms with E-state index in [0.717, 1.165) is 16.6 Å². The maximum Gasteiger partial charge on any atom is 0.0834 e. The van der Waals surface area contributed by atoms with Gasteiger partial charge >= 0.3 is 0 Å². The molecule has 18 heavy (non-hydrogen) atoms. The Hall–Kier alpha value is -0.540. The monoisotopic (exact) mass is 269 g/mol. The summed E-state index contributed by atoms with van der Waals surface area (Å²) in [7, 11) is 2.03. The average molecular weight is 270 g/mol. The molecule has 1 saturated carbocycles.